The van der Waals surface area contributed by atoms with E-state index in [0.717, 1.165) is 103 Å². The molecule has 1 amide bonds. The maximum Gasteiger partial charge on any atom is 0.472 e. The Labute approximate surface area is 361 Å². The van der Waals surface area contributed by atoms with E-state index in [1.807, 2.05) is 27.2 Å². The number of aliphatic hydroxyl groups excluding tert-OH is 1. The number of amides is 1. The zero-order chi connectivity index (χ0) is 43.6. The molecule has 0 aromatic carbocycles. The van der Waals surface area contributed by atoms with Crippen LogP contribution in [-0.4, -0.2) is 73.4 Å². The predicted octanol–water partition coefficient (Wildman–Crippen LogP) is 12.9. The minimum atomic E-state index is -4.34. The lowest BCUT2D eigenvalue weighted by atomic mass is 10.1. The molecule has 3 unspecified atom stereocenters. The Morgan fingerprint density at radius 3 is 1.49 bits per heavy atom. The van der Waals surface area contributed by atoms with Gasteiger partial charge in [0.2, 0.25) is 5.91 Å². The summed E-state index contributed by atoms with van der Waals surface area (Å²) < 4.78 is 23.4. The number of aliphatic hydroxyl groups is 1. The van der Waals surface area contributed by atoms with Crippen molar-refractivity contribution in [1.29, 1.82) is 0 Å². The molecule has 3 atom stereocenters. The minimum absolute atomic E-state index is 0.0492. The number of hydrogen-bond donors (Lipinski definition) is 3. The molecule has 3 N–H and O–H groups in total. The number of phosphoric acid groups is 1. The van der Waals surface area contributed by atoms with E-state index in [1.54, 1.807) is 6.08 Å². The minimum Gasteiger partial charge on any atom is -0.387 e. The Balaban J connectivity index is 4.28. The van der Waals surface area contributed by atoms with Gasteiger partial charge in [0.15, 0.2) is 0 Å². The quantitative estimate of drug-likeness (QED) is 0.0246. The molecule has 0 rings (SSSR count). The molecule has 0 radical (unpaired) electrons. The van der Waals surface area contributed by atoms with Gasteiger partial charge in [-0.1, -0.05) is 168 Å². The monoisotopic (exact) mass is 842 g/mol. The Hall–Kier alpha value is -2.84. The Kier molecular flexibility index (Phi) is 38.6. The number of allylic oxidation sites excluding steroid dienone is 17. The molecule has 0 fully saturated rings. The van der Waals surface area contributed by atoms with Crippen molar-refractivity contribution in [3.05, 3.63) is 109 Å². The molecule has 0 spiro atoms. The van der Waals surface area contributed by atoms with Crippen molar-refractivity contribution >= 4 is 13.7 Å². The second-order valence-electron chi connectivity index (χ2n) is 16.0. The lowest BCUT2D eigenvalue weighted by Crippen LogP contribution is -2.45. The van der Waals surface area contributed by atoms with Crippen molar-refractivity contribution in [3.8, 4) is 0 Å². The largest absolute Gasteiger partial charge is 0.472 e. The van der Waals surface area contributed by atoms with Crippen LogP contribution in [0.25, 0.3) is 0 Å². The average Bonchev–Trinajstić information content (AvgIpc) is 3.19. The van der Waals surface area contributed by atoms with Crippen LogP contribution < -0.4 is 5.32 Å². The van der Waals surface area contributed by atoms with Crippen molar-refractivity contribution in [2.75, 3.05) is 40.9 Å². The smallest absolute Gasteiger partial charge is 0.387 e. The van der Waals surface area contributed by atoms with Crippen molar-refractivity contribution < 1.29 is 32.9 Å². The number of unbranched alkanes of at least 4 members (excludes halogenated alkanes) is 10. The first-order chi connectivity index (χ1) is 28.5. The summed E-state index contributed by atoms with van der Waals surface area (Å²) in [6.45, 7) is 4.60. The number of rotatable bonds is 39. The highest BCUT2D eigenvalue weighted by atomic mass is 31.2. The molecule has 0 saturated heterocycles. The van der Waals surface area contributed by atoms with Crippen LogP contribution in [0.4, 0.5) is 0 Å². The van der Waals surface area contributed by atoms with Gasteiger partial charge in [-0.25, -0.2) is 4.57 Å². The molecular weight excluding hydrogens is 756 g/mol. The third kappa shape index (κ3) is 43.1. The van der Waals surface area contributed by atoms with Crippen LogP contribution in [0.15, 0.2) is 109 Å². The number of quaternary nitrogens is 1. The van der Waals surface area contributed by atoms with Crippen LogP contribution in [0.1, 0.15) is 149 Å². The van der Waals surface area contributed by atoms with Gasteiger partial charge in [0.25, 0.3) is 0 Å². The molecule has 0 aliphatic heterocycles. The van der Waals surface area contributed by atoms with Gasteiger partial charge in [0, 0.05) is 6.42 Å². The Bertz CT molecular complexity index is 1320. The van der Waals surface area contributed by atoms with Crippen molar-refractivity contribution in [2.45, 2.75) is 161 Å². The topological polar surface area (TPSA) is 105 Å². The van der Waals surface area contributed by atoms with Gasteiger partial charge in [-0.05, 0) is 83.5 Å². The van der Waals surface area contributed by atoms with E-state index in [-0.39, 0.29) is 19.1 Å². The molecule has 0 saturated carbocycles. The number of nitrogens with zero attached hydrogens (tertiary/aromatic N) is 1. The Morgan fingerprint density at radius 1 is 0.593 bits per heavy atom. The summed E-state index contributed by atoms with van der Waals surface area (Å²) in [6.07, 6.45) is 58.9. The Morgan fingerprint density at radius 2 is 1.02 bits per heavy atom. The maximum atomic E-state index is 12.8. The molecule has 0 aromatic rings. The molecule has 59 heavy (non-hydrogen) atoms. The highest BCUT2D eigenvalue weighted by molar-refractivity contribution is 7.47. The van der Waals surface area contributed by atoms with Gasteiger partial charge in [0.05, 0.1) is 39.9 Å². The van der Waals surface area contributed by atoms with E-state index in [2.05, 4.69) is 116 Å². The molecule has 0 heterocycles. The average molecular weight is 842 g/mol. The zero-order valence-corrected chi connectivity index (χ0v) is 38.8. The van der Waals surface area contributed by atoms with E-state index in [1.165, 1.54) is 25.7 Å². The normalized spacial score (nSPS) is 15.3. The SMILES string of the molecule is CC/C=C\C/C=C\C/C=C\C/C=C\C/C=C\C/C=C\C/C=C\C/C=C\CCCCCCC(=O)NC(COP(=O)(O)OCC[N+](C)(C)C)C(O)/C=C/CCCCCCCC. The number of carbonyl (C=O) groups is 1. The van der Waals surface area contributed by atoms with Gasteiger partial charge >= 0.3 is 7.82 Å². The van der Waals surface area contributed by atoms with E-state index >= 15 is 0 Å². The van der Waals surface area contributed by atoms with E-state index in [4.69, 9.17) is 9.05 Å². The van der Waals surface area contributed by atoms with Crippen LogP contribution in [0.2, 0.25) is 0 Å². The van der Waals surface area contributed by atoms with Crippen molar-refractivity contribution in [2.24, 2.45) is 0 Å². The molecule has 9 heteroatoms. The molecular formula is C50H86N2O6P+. The summed E-state index contributed by atoms with van der Waals surface area (Å²) in [6, 6.07) is -0.865. The standard InChI is InChI=1S/C50H85N2O6P/c1-6-8-10-12-14-16-17-18-19-20-21-22-23-24-25-26-27-28-29-30-31-32-33-34-35-36-38-40-42-44-50(54)51-48(47-58-59(55,56)57-46-45-52(3,4)5)49(53)43-41-39-37-15-13-11-9-7-2/h8,10,14,16,18-19,21-22,24-25,27-28,30-31,33-34,41,43,48-49,53H,6-7,9,11-13,15,17,20,23,26,29,32,35-40,42,44-47H2,1-5H3,(H-,51,54,55,56)/p+1/b10-8-,16-14-,19-18-,22-21-,25-24-,28-27-,31-30-,34-33-,43-41+. The maximum absolute atomic E-state index is 12.8. The van der Waals surface area contributed by atoms with Crippen LogP contribution >= 0.6 is 7.82 Å². The first kappa shape index (κ1) is 56.2. The first-order valence-corrected chi connectivity index (χ1v) is 24.3. The van der Waals surface area contributed by atoms with Gasteiger partial charge in [-0.15, -0.1) is 0 Å². The van der Waals surface area contributed by atoms with Gasteiger partial charge in [-0.2, -0.15) is 0 Å². The molecule has 0 aliphatic rings. The highest BCUT2D eigenvalue weighted by Gasteiger charge is 2.27. The number of hydrogen-bond acceptors (Lipinski definition) is 5. The molecule has 336 valence electrons. The molecule has 0 aliphatic carbocycles. The second kappa shape index (κ2) is 40.6. The third-order valence-corrected chi connectivity index (χ3v) is 10.2. The fourth-order valence-corrected chi connectivity index (χ4v) is 6.38. The van der Waals surface area contributed by atoms with Crippen LogP contribution in [0.5, 0.6) is 0 Å². The van der Waals surface area contributed by atoms with E-state index in [9.17, 15) is 19.4 Å². The summed E-state index contributed by atoms with van der Waals surface area (Å²) in [7, 11) is 1.53. The lowest BCUT2D eigenvalue weighted by Gasteiger charge is -2.25. The summed E-state index contributed by atoms with van der Waals surface area (Å²) >= 11 is 0. The number of likely N-dealkylation sites (N-methyl/N-ethyl adjacent to an activating group) is 1. The van der Waals surface area contributed by atoms with Crippen LogP contribution in [0.3, 0.4) is 0 Å². The summed E-state index contributed by atoms with van der Waals surface area (Å²) in [5.74, 6) is -0.212. The summed E-state index contributed by atoms with van der Waals surface area (Å²) in [5.41, 5.74) is 0. The molecule has 0 aromatic heterocycles. The predicted molar refractivity (Wildman–Crippen MR) is 253 cm³/mol. The van der Waals surface area contributed by atoms with Crippen LogP contribution in [0, 0.1) is 0 Å². The number of phosphoric ester groups is 1. The second-order valence-corrected chi connectivity index (χ2v) is 17.5. The summed E-state index contributed by atoms with van der Waals surface area (Å²) in [5, 5.41) is 13.7. The zero-order valence-electron chi connectivity index (χ0n) is 37.9. The van der Waals surface area contributed by atoms with E-state index < -0.39 is 20.0 Å². The number of carbonyl (C=O) groups excluding carboxylic acids is 1. The van der Waals surface area contributed by atoms with Crippen molar-refractivity contribution in [3.63, 3.8) is 0 Å². The number of nitrogens with one attached hydrogen (secondary N) is 1. The van der Waals surface area contributed by atoms with Gasteiger partial charge in [0.1, 0.15) is 13.2 Å². The van der Waals surface area contributed by atoms with Gasteiger partial charge < -0.3 is 19.8 Å². The third-order valence-electron chi connectivity index (χ3n) is 9.25. The molecule has 0 bridgehead atoms. The highest BCUT2D eigenvalue weighted by Crippen LogP contribution is 2.43. The first-order valence-electron chi connectivity index (χ1n) is 22.8. The molecule has 8 nitrogen and oxygen atoms in total. The lowest BCUT2D eigenvalue weighted by molar-refractivity contribution is -0.870. The van der Waals surface area contributed by atoms with Crippen molar-refractivity contribution in [1.82, 2.24) is 5.32 Å². The van der Waals surface area contributed by atoms with Crippen LogP contribution in [-0.2, 0) is 18.4 Å². The fourth-order valence-electron chi connectivity index (χ4n) is 5.64. The summed E-state index contributed by atoms with van der Waals surface area (Å²) in [4.78, 5) is 23.0. The van der Waals surface area contributed by atoms with Gasteiger partial charge in [-0.3, -0.25) is 13.8 Å². The fraction of sp³-hybridized carbons (Fsp3) is 0.620. The van der Waals surface area contributed by atoms with E-state index in [0.29, 0.717) is 17.4 Å².